The number of ether oxygens (including phenoxy) is 1. The van der Waals surface area contributed by atoms with Crippen LogP contribution in [0.5, 0.6) is 5.75 Å². The van der Waals surface area contributed by atoms with E-state index in [0.717, 1.165) is 12.1 Å². The fourth-order valence-corrected chi connectivity index (χ4v) is 3.41. The standard InChI is InChI=1S/C19H19F2N3O3S/c1-11-6-12(9-24(2)19(11)25)18-16(8-22-17(23-18)10-28(3)26)27-15-5-4-13(20)7-14(15)21/h4-9,17,23H,10H2,1-3H3. The Bertz CT molecular complexity index is 1040. The zero-order valence-electron chi connectivity index (χ0n) is 15.5. The Labute approximate surface area is 163 Å². The lowest BCUT2D eigenvalue weighted by atomic mass is 10.1. The van der Waals surface area contributed by atoms with Gasteiger partial charge in [0.1, 0.15) is 12.0 Å². The molecule has 6 nitrogen and oxygen atoms in total. The summed E-state index contributed by atoms with van der Waals surface area (Å²) in [6.45, 7) is 1.68. The van der Waals surface area contributed by atoms with Crippen molar-refractivity contribution < 1.29 is 17.7 Å². The number of aromatic nitrogens is 1. The van der Waals surface area contributed by atoms with Crippen LogP contribution in [0.4, 0.5) is 8.78 Å². The molecule has 2 aromatic rings. The molecular formula is C19H19F2N3O3S. The second kappa shape index (κ2) is 8.05. The maximum absolute atomic E-state index is 14.0. The summed E-state index contributed by atoms with van der Waals surface area (Å²) in [6.07, 6.45) is 4.12. The van der Waals surface area contributed by atoms with Gasteiger partial charge < -0.3 is 14.6 Å². The Morgan fingerprint density at radius 3 is 2.71 bits per heavy atom. The Hall–Kier alpha value is -2.81. The van der Waals surface area contributed by atoms with Crippen LogP contribution in [-0.2, 0) is 17.8 Å². The van der Waals surface area contributed by atoms with Crippen LogP contribution in [0.15, 0.2) is 46.0 Å². The third kappa shape index (κ3) is 4.36. The molecule has 0 aliphatic carbocycles. The van der Waals surface area contributed by atoms with Crippen LogP contribution >= 0.6 is 0 Å². The van der Waals surface area contributed by atoms with Crippen LogP contribution in [-0.4, -0.2) is 33.2 Å². The quantitative estimate of drug-likeness (QED) is 0.824. The molecule has 3 rings (SSSR count). The number of aryl methyl sites for hydroxylation is 2. The molecule has 0 bridgehead atoms. The summed E-state index contributed by atoms with van der Waals surface area (Å²) in [5.74, 6) is -1.27. The summed E-state index contributed by atoms with van der Waals surface area (Å²) in [7, 11) is 0.521. The number of pyridine rings is 1. The summed E-state index contributed by atoms with van der Waals surface area (Å²) in [6, 6.07) is 4.67. The molecule has 0 spiro atoms. The molecule has 148 valence electrons. The van der Waals surface area contributed by atoms with E-state index >= 15 is 0 Å². The van der Waals surface area contributed by atoms with Crippen molar-refractivity contribution in [1.82, 2.24) is 9.88 Å². The lowest BCUT2D eigenvalue weighted by Crippen LogP contribution is -2.36. The predicted molar refractivity (Wildman–Crippen MR) is 105 cm³/mol. The molecule has 2 atom stereocenters. The van der Waals surface area contributed by atoms with Crippen molar-refractivity contribution in [2.75, 3.05) is 12.0 Å². The second-order valence-corrected chi connectivity index (χ2v) is 7.90. The second-order valence-electron chi connectivity index (χ2n) is 6.42. The molecule has 0 saturated heterocycles. The molecule has 2 heterocycles. The normalized spacial score (nSPS) is 17.4. The molecular weight excluding hydrogens is 388 g/mol. The van der Waals surface area contributed by atoms with E-state index in [1.165, 1.54) is 16.8 Å². The average Bonchev–Trinajstić information content (AvgIpc) is 2.62. The van der Waals surface area contributed by atoms with Gasteiger partial charge in [0, 0.05) is 47.5 Å². The highest BCUT2D eigenvalue weighted by molar-refractivity contribution is 7.84. The number of nitrogens with zero attached hydrogens (tertiary/aromatic N) is 2. The molecule has 9 heteroatoms. The van der Waals surface area contributed by atoms with Gasteiger partial charge in [0.05, 0.1) is 17.7 Å². The largest absolute Gasteiger partial charge is 0.450 e. The average molecular weight is 407 g/mol. The smallest absolute Gasteiger partial charge is 0.253 e. The van der Waals surface area contributed by atoms with E-state index in [2.05, 4.69) is 10.3 Å². The van der Waals surface area contributed by atoms with E-state index in [-0.39, 0.29) is 22.8 Å². The van der Waals surface area contributed by atoms with Crippen molar-refractivity contribution in [2.45, 2.75) is 13.1 Å². The third-order valence-electron chi connectivity index (χ3n) is 4.09. The van der Waals surface area contributed by atoms with Crippen molar-refractivity contribution in [3.8, 4) is 5.75 Å². The van der Waals surface area contributed by atoms with Crippen LogP contribution in [0.25, 0.3) is 5.70 Å². The number of allylic oxidation sites excluding steroid dienone is 1. The van der Waals surface area contributed by atoms with Crippen molar-refractivity contribution >= 4 is 22.7 Å². The summed E-state index contributed by atoms with van der Waals surface area (Å²) in [5, 5.41) is 3.13. The first-order chi connectivity index (χ1) is 13.2. The minimum Gasteiger partial charge on any atom is -0.450 e. The molecule has 28 heavy (non-hydrogen) atoms. The number of hydrogen-bond donors (Lipinski definition) is 1. The molecule has 0 radical (unpaired) electrons. The fraction of sp³-hybridized carbons (Fsp3) is 0.263. The topological polar surface area (TPSA) is 72.7 Å². The van der Waals surface area contributed by atoms with Crippen molar-refractivity contribution in [2.24, 2.45) is 12.0 Å². The van der Waals surface area contributed by atoms with Crippen LogP contribution in [0.1, 0.15) is 11.1 Å². The predicted octanol–water partition coefficient (Wildman–Crippen LogP) is 2.10. The van der Waals surface area contributed by atoms with Crippen LogP contribution in [0.2, 0.25) is 0 Å². The molecule has 0 fully saturated rings. The maximum Gasteiger partial charge on any atom is 0.253 e. The van der Waals surface area contributed by atoms with Gasteiger partial charge in [-0.05, 0) is 25.1 Å². The SMILES string of the molecule is Cc1cc(C2=C(Oc3ccc(F)cc3F)C=NC(CS(C)=O)N2)cn(C)c1=O. The summed E-state index contributed by atoms with van der Waals surface area (Å²) in [5.41, 5.74) is 1.45. The van der Waals surface area contributed by atoms with E-state index in [4.69, 9.17) is 4.74 Å². The van der Waals surface area contributed by atoms with Crippen molar-refractivity contribution in [3.05, 3.63) is 69.3 Å². The fourth-order valence-electron chi connectivity index (χ4n) is 2.80. The molecule has 0 amide bonds. The number of rotatable bonds is 5. The minimum absolute atomic E-state index is 0.146. The Balaban J connectivity index is 2.06. The highest BCUT2D eigenvalue weighted by Crippen LogP contribution is 2.25. The first-order valence-corrected chi connectivity index (χ1v) is 10.1. The van der Waals surface area contributed by atoms with Gasteiger partial charge in [0.15, 0.2) is 17.3 Å². The van der Waals surface area contributed by atoms with Gasteiger partial charge in [0.25, 0.3) is 5.56 Å². The van der Waals surface area contributed by atoms with E-state index in [1.807, 2.05) is 0 Å². The number of nitrogens with one attached hydrogen (secondary N) is 1. The summed E-state index contributed by atoms with van der Waals surface area (Å²) in [4.78, 5) is 16.3. The van der Waals surface area contributed by atoms with Crippen molar-refractivity contribution in [3.63, 3.8) is 0 Å². The van der Waals surface area contributed by atoms with Gasteiger partial charge in [-0.1, -0.05) is 0 Å². The van der Waals surface area contributed by atoms with Crippen LogP contribution < -0.4 is 15.6 Å². The van der Waals surface area contributed by atoms with Crippen LogP contribution in [0.3, 0.4) is 0 Å². The van der Waals surface area contributed by atoms with E-state index in [0.29, 0.717) is 16.8 Å². The third-order valence-corrected chi connectivity index (χ3v) is 4.87. The van der Waals surface area contributed by atoms with Gasteiger partial charge >= 0.3 is 0 Å². The molecule has 1 N–H and O–H groups in total. The first kappa shape index (κ1) is 19.9. The van der Waals surface area contributed by atoms with Gasteiger partial charge in [-0.2, -0.15) is 0 Å². The number of hydrogen-bond acceptors (Lipinski definition) is 5. The van der Waals surface area contributed by atoms with Gasteiger partial charge in [-0.3, -0.25) is 14.0 Å². The Morgan fingerprint density at radius 2 is 2.07 bits per heavy atom. The zero-order valence-corrected chi connectivity index (χ0v) is 16.3. The number of aliphatic imine (C=N–C) groups is 1. The lowest BCUT2D eigenvalue weighted by molar-refractivity contribution is 0.413. The monoisotopic (exact) mass is 407 g/mol. The molecule has 1 aliphatic heterocycles. The van der Waals surface area contributed by atoms with Gasteiger partial charge in [0.2, 0.25) is 0 Å². The first-order valence-electron chi connectivity index (χ1n) is 8.39. The Kier molecular flexibility index (Phi) is 5.73. The highest BCUT2D eigenvalue weighted by atomic mass is 32.2. The summed E-state index contributed by atoms with van der Waals surface area (Å²) < 4.78 is 45.8. The summed E-state index contributed by atoms with van der Waals surface area (Å²) >= 11 is 0. The van der Waals surface area contributed by atoms with Crippen LogP contribution in [0, 0.1) is 18.6 Å². The van der Waals surface area contributed by atoms with E-state index in [9.17, 15) is 17.8 Å². The number of benzene rings is 1. The molecule has 1 aromatic carbocycles. The van der Waals surface area contributed by atoms with Gasteiger partial charge in [-0.25, -0.2) is 8.78 Å². The molecule has 2 unspecified atom stereocenters. The molecule has 0 saturated carbocycles. The molecule has 1 aliphatic rings. The zero-order chi connectivity index (χ0) is 20.4. The van der Waals surface area contributed by atoms with E-state index < -0.39 is 28.6 Å². The maximum atomic E-state index is 14.0. The van der Waals surface area contributed by atoms with Crippen molar-refractivity contribution in [1.29, 1.82) is 0 Å². The Morgan fingerprint density at radius 1 is 1.32 bits per heavy atom. The van der Waals surface area contributed by atoms with Gasteiger partial charge in [-0.15, -0.1) is 0 Å². The molecule has 1 aromatic heterocycles. The minimum atomic E-state index is -1.10. The highest BCUT2D eigenvalue weighted by Gasteiger charge is 2.22. The lowest BCUT2D eigenvalue weighted by Gasteiger charge is -2.24. The van der Waals surface area contributed by atoms with E-state index in [1.54, 1.807) is 32.5 Å². The number of halogens is 2.